The minimum Gasteiger partial charge on any atom is -0.366 e. The van der Waals surface area contributed by atoms with Crippen molar-refractivity contribution in [1.29, 1.82) is 0 Å². The fourth-order valence-corrected chi connectivity index (χ4v) is 5.16. The lowest BCUT2D eigenvalue weighted by Crippen LogP contribution is -2.42. The number of hydrogen-bond donors (Lipinski definition) is 0. The molecule has 1 aliphatic heterocycles. The number of hydrogen-bond acceptors (Lipinski definition) is 8. The Labute approximate surface area is 160 Å². The molecule has 1 saturated heterocycles. The van der Waals surface area contributed by atoms with E-state index in [0.717, 1.165) is 4.88 Å². The van der Waals surface area contributed by atoms with Crippen LogP contribution in [0, 0.1) is 6.92 Å². The fourth-order valence-electron chi connectivity index (χ4n) is 2.92. The Kier molecular flexibility index (Phi) is 4.84. The van der Waals surface area contributed by atoms with E-state index in [-0.39, 0.29) is 30.5 Å². The number of nitrogens with zero attached hydrogens (tertiary/aromatic N) is 5. The molecule has 1 fully saturated rings. The summed E-state index contributed by atoms with van der Waals surface area (Å²) in [4.78, 5) is 5.47. The highest BCUT2D eigenvalue weighted by Gasteiger charge is 2.35. The van der Waals surface area contributed by atoms with E-state index >= 15 is 0 Å². The van der Waals surface area contributed by atoms with Crippen molar-refractivity contribution in [3.05, 3.63) is 35.3 Å². The molecule has 9 nitrogen and oxygen atoms in total. The highest BCUT2D eigenvalue weighted by Crippen LogP contribution is 2.29. The van der Waals surface area contributed by atoms with Crippen LogP contribution < -0.4 is 0 Å². The number of rotatable bonds is 5. The molecule has 0 saturated carbocycles. The zero-order valence-corrected chi connectivity index (χ0v) is 16.5. The summed E-state index contributed by atoms with van der Waals surface area (Å²) in [5.41, 5.74) is 0.484. The maximum Gasteiger partial charge on any atom is 0.257 e. The van der Waals surface area contributed by atoms with Crippen LogP contribution in [0.15, 0.2) is 33.1 Å². The minimum atomic E-state index is -3.68. The maximum atomic E-state index is 13.1. The van der Waals surface area contributed by atoms with E-state index in [2.05, 4.69) is 15.2 Å². The molecule has 11 heteroatoms. The fraction of sp³-hybridized carbons (Fsp3) is 0.438. The van der Waals surface area contributed by atoms with E-state index in [4.69, 9.17) is 9.26 Å². The Balaban J connectivity index is 1.56. The number of thiophene rings is 1. The van der Waals surface area contributed by atoms with Crippen LogP contribution in [-0.2, 0) is 21.3 Å². The van der Waals surface area contributed by atoms with Crippen molar-refractivity contribution >= 4 is 21.4 Å². The van der Waals surface area contributed by atoms with Crippen LogP contribution in [0.25, 0.3) is 10.7 Å². The summed E-state index contributed by atoms with van der Waals surface area (Å²) >= 11 is 1.50. The molecule has 0 N–H and O–H groups in total. The van der Waals surface area contributed by atoms with Gasteiger partial charge in [-0.3, -0.25) is 4.68 Å². The molecule has 144 valence electrons. The number of aromatic nitrogens is 4. The van der Waals surface area contributed by atoms with Crippen LogP contribution in [0.1, 0.15) is 24.6 Å². The van der Waals surface area contributed by atoms with E-state index in [1.54, 1.807) is 17.8 Å². The van der Waals surface area contributed by atoms with Gasteiger partial charge in [-0.1, -0.05) is 11.2 Å². The summed E-state index contributed by atoms with van der Waals surface area (Å²) < 4.78 is 40.1. The van der Waals surface area contributed by atoms with Gasteiger partial charge in [0.2, 0.25) is 15.8 Å². The van der Waals surface area contributed by atoms with Crippen molar-refractivity contribution in [2.45, 2.75) is 31.4 Å². The van der Waals surface area contributed by atoms with Gasteiger partial charge in [0.05, 0.1) is 17.2 Å². The van der Waals surface area contributed by atoms with E-state index in [1.165, 1.54) is 15.6 Å². The number of morpholine rings is 1. The standard InChI is InChI=1S/C16H19N5O4S2/c1-3-20-10-14(11(2)18-20)27(22,23)21-6-7-24-12(9-21)16-17-15(19-25-16)13-5-4-8-26-13/h4-5,8,10,12H,3,6-7,9H2,1-2H3/t12-/m1/s1. The van der Waals surface area contributed by atoms with Crippen LogP contribution in [0.2, 0.25) is 0 Å². The first kappa shape index (κ1) is 18.3. The van der Waals surface area contributed by atoms with Crippen LogP contribution >= 0.6 is 11.3 Å². The van der Waals surface area contributed by atoms with Gasteiger partial charge in [-0.2, -0.15) is 14.4 Å². The second kappa shape index (κ2) is 7.15. The number of sulfonamides is 1. The summed E-state index contributed by atoms with van der Waals surface area (Å²) in [7, 11) is -3.68. The quantitative estimate of drug-likeness (QED) is 0.635. The molecule has 0 bridgehead atoms. The van der Waals surface area contributed by atoms with Crippen molar-refractivity contribution < 1.29 is 17.7 Å². The Hall–Kier alpha value is -2.08. The van der Waals surface area contributed by atoms with E-state index < -0.39 is 16.1 Å². The Morgan fingerprint density at radius 3 is 2.96 bits per heavy atom. The average molecular weight is 409 g/mol. The highest BCUT2D eigenvalue weighted by molar-refractivity contribution is 7.89. The largest absolute Gasteiger partial charge is 0.366 e. The molecule has 0 aliphatic carbocycles. The molecule has 0 radical (unpaired) electrons. The Bertz CT molecular complexity index is 1030. The highest BCUT2D eigenvalue weighted by atomic mass is 32.2. The van der Waals surface area contributed by atoms with Gasteiger partial charge < -0.3 is 9.26 Å². The van der Waals surface area contributed by atoms with Gasteiger partial charge in [-0.05, 0) is 25.3 Å². The van der Waals surface area contributed by atoms with Crippen LogP contribution in [-0.4, -0.2) is 52.3 Å². The maximum absolute atomic E-state index is 13.1. The van der Waals surface area contributed by atoms with Gasteiger partial charge in [-0.15, -0.1) is 11.3 Å². The molecule has 1 atom stereocenters. The third-order valence-corrected chi connectivity index (χ3v) is 7.16. The molecular formula is C16H19N5O4S2. The third kappa shape index (κ3) is 3.43. The molecular weight excluding hydrogens is 390 g/mol. The van der Waals surface area contributed by atoms with Crippen LogP contribution in [0.3, 0.4) is 0 Å². The van der Waals surface area contributed by atoms with Crippen molar-refractivity contribution in [2.24, 2.45) is 0 Å². The van der Waals surface area contributed by atoms with E-state index in [1.807, 2.05) is 24.4 Å². The van der Waals surface area contributed by atoms with Gasteiger partial charge >= 0.3 is 0 Å². The molecule has 27 heavy (non-hydrogen) atoms. The predicted octanol–water partition coefficient (Wildman–Crippen LogP) is 2.09. The van der Waals surface area contributed by atoms with Gasteiger partial charge in [0, 0.05) is 25.8 Å². The third-order valence-electron chi connectivity index (χ3n) is 4.33. The topological polar surface area (TPSA) is 103 Å². The second-order valence-electron chi connectivity index (χ2n) is 6.09. The van der Waals surface area contributed by atoms with Crippen molar-refractivity contribution in [3.8, 4) is 10.7 Å². The van der Waals surface area contributed by atoms with Crippen molar-refractivity contribution in [2.75, 3.05) is 19.7 Å². The zero-order chi connectivity index (χ0) is 19.0. The Morgan fingerprint density at radius 1 is 1.41 bits per heavy atom. The monoisotopic (exact) mass is 409 g/mol. The summed E-state index contributed by atoms with van der Waals surface area (Å²) in [6, 6.07) is 3.80. The Morgan fingerprint density at radius 2 is 2.26 bits per heavy atom. The van der Waals surface area contributed by atoms with E-state index in [0.29, 0.717) is 18.1 Å². The lowest BCUT2D eigenvalue weighted by Gasteiger charge is -2.30. The minimum absolute atomic E-state index is 0.116. The average Bonchev–Trinajstić information content (AvgIpc) is 3.41. The SMILES string of the molecule is CCn1cc(S(=O)(=O)N2CCO[C@@H](c3nc(-c4cccs4)no3)C2)c(C)n1. The molecule has 1 aliphatic rings. The smallest absolute Gasteiger partial charge is 0.257 e. The second-order valence-corrected chi connectivity index (χ2v) is 8.94. The van der Waals surface area contributed by atoms with Gasteiger partial charge in [0.15, 0.2) is 6.10 Å². The summed E-state index contributed by atoms with van der Waals surface area (Å²) in [5, 5.41) is 10.1. The van der Waals surface area contributed by atoms with Crippen molar-refractivity contribution in [1.82, 2.24) is 24.2 Å². The molecule has 3 aromatic heterocycles. The zero-order valence-electron chi connectivity index (χ0n) is 14.9. The first-order valence-electron chi connectivity index (χ1n) is 8.52. The molecule has 0 aromatic carbocycles. The molecule has 4 heterocycles. The molecule has 4 rings (SSSR count). The first-order valence-corrected chi connectivity index (χ1v) is 10.8. The lowest BCUT2D eigenvalue weighted by atomic mass is 10.3. The summed E-state index contributed by atoms with van der Waals surface area (Å²) in [6.45, 7) is 4.85. The van der Waals surface area contributed by atoms with Gasteiger partial charge in [0.1, 0.15) is 4.90 Å². The van der Waals surface area contributed by atoms with Crippen LogP contribution in [0.5, 0.6) is 0 Å². The molecule has 0 spiro atoms. The van der Waals surface area contributed by atoms with E-state index in [9.17, 15) is 8.42 Å². The van der Waals surface area contributed by atoms with Gasteiger partial charge in [-0.25, -0.2) is 8.42 Å². The number of aryl methyl sites for hydroxylation is 2. The summed E-state index contributed by atoms with van der Waals surface area (Å²) in [5.74, 6) is 0.753. The van der Waals surface area contributed by atoms with Crippen LogP contribution in [0.4, 0.5) is 0 Å². The van der Waals surface area contributed by atoms with Gasteiger partial charge in [0.25, 0.3) is 5.89 Å². The normalized spacial score (nSPS) is 18.8. The lowest BCUT2D eigenvalue weighted by molar-refractivity contribution is -0.0199. The molecule has 0 unspecified atom stereocenters. The first-order chi connectivity index (χ1) is 13.0. The molecule has 3 aromatic rings. The predicted molar refractivity (Wildman–Crippen MR) is 97.7 cm³/mol. The summed E-state index contributed by atoms with van der Waals surface area (Å²) in [6.07, 6.45) is 0.966. The molecule has 0 amide bonds. The number of ether oxygens (including phenoxy) is 1. The van der Waals surface area contributed by atoms with Crippen molar-refractivity contribution in [3.63, 3.8) is 0 Å².